The standard InChI is InChI=1S/C22H18F3N5O2S/c23-14-6-4-13(5-7-14)19-10-26-22(33-19)20-15(2-1-3-16(20)24)21(32)29-18(17(25)12-31)11-30-27-8-9-28-30/h1-10,17-18,31H,11-12H2,(H,29,32)/t17?,18-/m1/s1. The van der Waals surface area contributed by atoms with Gasteiger partial charge in [-0.25, -0.2) is 18.2 Å². The molecule has 33 heavy (non-hydrogen) atoms. The molecule has 0 aliphatic carbocycles. The largest absolute Gasteiger partial charge is 0.393 e. The van der Waals surface area contributed by atoms with Gasteiger partial charge in [0.25, 0.3) is 5.91 Å². The summed E-state index contributed by atoms with van der Waals surface area (Å²) in [5, 5.41) is 19.8. The molecule has 1 unspecified atom stereocenters. The van der Waals surface area contributed by atoms with Crippen molar-refractivity contribution in [2.45, 2.75) is 18.8 Å². The Kier molecular flexibility index (Phi) is 6.80. The van der Waals surface area contributed by atoms with Crippen molar-refractivity contribution in [2.75, 3.05) is 6.61 Å². The van der Waals surface area contributed by atoms with Crippen LogP contribution in [0.2, 0.25) is 0 Å². The van der Waals surface area contributed by atoms with Crippen LogP contribution in [0.4, 0.5) is 13.2 Å². The fraction of sp³-hybridized carbons (Fsp3) is 0.182. The van der Waals surface area contributed by atoms with E-state index in [0.717, 1.165) is 11.3 Å². The number of aromatic nitrogens is 4. The third-order valence-corrected chi connectivity index (χ3v) is 5.92. The lowest BCUT2D eigenvalue weighted by Gasteiger charge is -2.21. The quantitative estimate of drug-likeness (QED) is 0.409. The summed E-state index contributed by atoms with van der Waals surface area (Å²) in [6.45, 7) is -0.952. The second-order valence-corrected chi connectivity index (χ2v) is 8.09. The summed E-state index contributed by atoms with van der Waals surface area (Å²) in [4.78, 5) is 19.1. The van der Waals surface area contributed by atoms with Crippen molar-refractivity contribution in [1.29, 1.82) is 0 Å². The molecule has 1 amide bonds. The van der Waals surface area contributed by atoms with Gasteiger partial charge in [0.1, 0.15) is 22.8 Å². The van der Waals surface area contributed by atoms with E-state index in [1.165, 1.54) is 53.7 Å². The predicted octanol–water partition coefficient (Wildman–Crippen LogP) is 3.48. The lowest BCUT2D eigenvalue weighted by molar-refractivity contribution is 0.0845. The molecule has 0 aliphatic rings. The Balaban J connectivity index is 1.63. The Bertz CT molecular complexity index is 1230. The number of hydrogen-bond donors (Lipinski definition) is 2. The van der Waals surface area contributed by atoms with Gasteiger partial charge in [-0.2, -0.15) is 15.0 Å². The third-order valence-electron chi connectivity index (χ3n) is 4.86. The van der Waals surface area contributed by atoms with Crippen molar-refractivity contribution < 1.29 is 23.1 Å². The van der Waals surface area contributed by atoms with Crippen LogP contribution in [0.15, 0.2) is 61.1 Å². The number of carbonyl (C=O) groups is 1. The number of thiazole rings is 1. The molecule has 11 heteroatoms. The number of aliphatic hydroxyl groups is 1. The highest BCUT2D eigenvalue weighted by Crippen LogP contribution is 2.35. The van der Waals surface area contributed by atoms with Gasteiger partial charge < -0.3 is 10.4 Å². The van der Waals surface area contributed by atoms with E-state index in [2.05, 4.69) is 20.5 Å². The molecule has 0 bridgehead atoms. The molecule has 0 fully saturated rings. The van der Waals surface area contributed by atoms with E-state index in [-0.39, 0.29) is 28.5 Å². The number of benzene rings is 2. The highest BCUT2D eigenvalue weighted by molar-refractivity contribution is 7.18. The number of carbonyl (C=O) groups excluding carboxylic acids is 1. The highest BCUT2D eigenvalue weighted by atomic mass is 32.1. The maximum absolute atomic E-state index is 14.8. The van der Waals surface area contributed by atoms with E-state index in [1.54, 1.807) is 12.1 Å². The number of rotatable bonds is 8. The van der Waals surface area contributed by atoms with Gasteiger partial charge in [0.2, 0.25) is 0 Å². The van der Waals surface area contributed by atoms with Gasteiger partial charge in [-0.05, 0) is 29.8 Å². The molecule has 2 aromatic carbocycles. The van der Waals surface area contributed by atoms with Gasteiger partial charge >= 0.3 is 0 Å². The Labute approximate surface area is 190 Å². The van der Waals surface area contributed by atoms with Crippen LogP contribution in [-0.4, -0.2) is 49.8 Å². The average molecular weight is 473 g/mol. The highest BCUT2D eigenvalue weighted by Gasteiger charge is 2.27. The summed E-state index contributed by atoms with van der Waals surface area (Å²) in [6, 6.07) is 8.57. The molecule has 7 nitrogen and oxygen atoms in total. The Morgan fingerprint density at radius 1 is 1.12 bits per heavy atom. The third kappa shape index (κ3) is 5.10. The van der Waals surface area contributed by atoms with Gasteiger partial charge in [0.15, 0.2) is 0 Å². The lowest BCUT2D eigenvalue weighted by Crippen LogP contribution is -2.46. The summed E-state index contributed by atoms with van der Waals surface area (Å²) >= 11 is 1.13. The second-order valence-electron chi connectivity index (χ2n) is 7.06. The van der Waals surface area contributed by atoms with Crippen LogP contribution in [0.1, 0.15) is 10.4 Å². The van der Waals surface area contributed by atoms with Crippen LogP contribution in [0, 0.1) is 11.6 Å². The maximum Gasteiger partial charge on any atom is 0.252 e. The summed E-state index contributed by atoms with van der Waals surface area (Å²) in [5.41, 5.74) is 0.611. The first-order chi connectivity index (χ1) is 16.0. The van der Waals surface area contributed by atoms with Gasteiger partial charge in [-0.15, -0.1) is 11.3 Å². The molecule has 0 saturated heterocycles. The van der Waals surface area contributed by atoms with E-state index in [0.29, 0.717) is 10.4 Å². The first kappa shape index (κ1) is 22.6. The predicted molar refractivity (Wildman–Crippen MR) is 116 cm³/mol. The van der Waals surface area contributed by atoms with Crippen molar-refractivity contribution in [3.05, 3.63) is 78.3 Å². The Hall–Kier alpha value is -3.57. The summed E-state index contributed by atoms with van der Waals surface area (Å²) in [7, 11) is 0. The topological polar surface area (TPSA) is 92.9 Å². The molecular formula is C22H18F3N5O2S. The molecule has 0 spiro atoms. The van der Waals surface area contributed by atoms with Crippen molar-refractivity contribution in [3.63, 3.8) is 0 Å². The number of halogens is 3. The smallest absolute Gasteiger partial charge is 0.252 e. The average Bonchev–Trinajstić information content (AvgIpc) is 3.51. The zero-order valence-corrected chi connectivity index (χ0v) is 17.8. The van der Waals surface area contributed by atoms with Crippen molar-refractivity contribution in [1.82, 2.24) is 25.3 Å². The minimum Gasteiger partial charge on any atom is -0.393 e. The van der Waals surface area contributed by atoms with E-state index < -0.39 is 30.5 Å². The number of aliphatic hydroxyl groups excluding tert-OH is 1. The molecule has 2 heterocycles. The van der Waals surface area contributed by atoms with Gasteiger partial charge in [-0.3, -0.25) is 4.79 Å². The Morgan fingerprint density at radius 2 is 1.85 bits per heavy atom. The van der Waals surface area contributed by atoms with E-state index in [9.17, 15) is 23.1 Å². The van der Waals surface area contributed by atoms with E-state index >= 15 is 0 Å². The van der Waals surface area contributed by atoms with Gasteiger partial charge in [0, 0.05) is 6.20 Å². The van der Waals surface area contributed by atoms with Crippen LogP contribution < -0.4 is 5.32 Å². The van der Waals surface area contributed by atoms with Crippen LogP contribution in [0.25, 0.3) is 21.0 Å². The molecule has 0 aliphatic heterocycles. The van der Waals surface area contributed by atoms with Crippen molar-refractivity contribution in [3.8, 4) is 21.0 Å². The van der Waals surface area contributed by atoms with E-state index in [4.69, 9.17) is 0 Å². The number of hydrogen-bond acceptors (Lipinski definition) is 6. The number of alkyl halides is 1. The fourth-order valence-electron chi connectivity index (χ4n) is 3.21. The summed E-state index contributed by atoms with van der Waals surface area (Å²) in [6.07, 6.45) is 2.52. The molecule has 2 N–H and O–H groups in total. The monoisotopic (exact) mass is 473 g/mol. The molecule has 2 atom stereocenters. The molecule has 0 saturated carbocycles. The molecule has 170 valence electrons. The first-order valence-corrected chi connectivity index (χ1v) is 10.7. The molecule has 0 radical (unpaired) electrons. The molecular weight excluding hydrogens is 455 g/mol. The first-order valence-electron chi connectivity index (χ1n) is 9.87. The zero-order chi connectivity index (χ0) is 23.4. The van der Waals surface area contributed by atoms with Crippen LogP contribution in [0.3, 0.4) is 0 Å². The Morgan fingerprint density at radius 3 is 2.55 bits per heavy atom. The minimum absolute atomic E-state index is 0.0382. The number of nitrogens with zero attached hydrogens (tertiary/aromatic N) is 4. The summed E-state index contributed by atoms with van der Waals surface area (Å²) < 4.78 is 42.4. The molecule has 4 rings (SSSR count). The van der Waals surface area contributed by atoms with E-state index in [1.807, 2.05) is 0 Å². The van der Waals surface area contributed by atoms with Gasteiger partial charge in [-0.1, -0.05) is 18.2 Å². The molecule has 4 aromatic rings. The molecule has 2 aromatic heterocycles. The second kappa shape index (κ2) is 9.92. The fourth-order valence-corrected chi connectivity index (χ4v) is 4.19. The maximum atomic E-state index is 14.8. The van der Waals surface area contributed by atoms with Crippen LogP contribution in [-0.2, 0) is 6.54 Å². The van der Waals surface area contributed by atoms with Crippen molar-refractivity contribution in [2.24, 2.45) is 0 Å². The minimum atomic E-state index is -1.79. The van der Waals surface area contributed by atoms with Crippen LogP contribution >= 0.6 is 11.3 Å². The van der Waals surface area contributed by atoms with Gasteiger partial charge in [0.05, 0.1) is 47.6 Å². The van der Waals surface area contributed by atoms with Crippen LogP contribution in [0.5, 0.6) is 0 Å². The lowest BCUT2D eigenvalue weighted by atomic mass is 10.1. The zero-order valence-electron chi connectivity index (χ0n) is 17.0. The number of amides is 1. The normalized spacial score (nSPS) is 13.0. The SMILES string of the molecule is O=C(N[C@H](Cn1nccn1)C(F)CO)c1cccc(F)c1-c1ncc(-c2ccc(F)cc2)s1. The summed E-state index contributed by atoms with van der Waals surface area (Å²) in [5.74, 6) is -1.80. The number of nitrogens with one attached hydrogen (secondary N) is 1. The van der Waals surface area contributed by atoms with Crippen molar-refractivity contribution >= 4 is 17.2 Å².